The van der Waals surface area contributed by atoms with E-state index in [-0.39, 0.29) is 42.4 Å². The van der Waals surface area contributed by atoms with E-state index >= 15 is 0 Å². The van der Waals surface area contributed by atoms with E-state index in [1.54, 1.807) is 73.3 Å². The summed E-state index contributed by atoms with van der Waals surface area (Å²) < 4.78 is 11.7. The number of anilines is 1. The highest BCUT2D eigenvalue weighted by Gasteiger charge is 2.29. The molecule has 0 spiro atoms. The molecule has 1 N–H and O–H groups in total. The summed E-state index contributed by atoms with van der Waals surface area (Å²) in [5.74, 6) is -0.154. The molecule has 1 aliphatic rings. The zero-order valence-corrected chi connectivity index (χ0v) is 20.4. The molecule has 34 heavy (non-hydrogen) atoms. The third kappa shape index (κ3) is 5.94. The van der Waals surface area contributed by atoms with Gasteiger partial charge in [0.1, 0.15) is 12.4 Å². The molecular formula is C26H33N3O5. The number of amides is 3. The molecule has 0 saturated heterocycles. The van der Waals surface area contributed by atoms with Crippen LogP contribution in [0.15, 0.2) is 48.5 Å². The second kappa shape index (κ2) is 11.2. The Hall–Kier alpha value is -3.39. The maximum absolute atomic E-state index is 13.4. The minimum absolute atomic E-state index is 0.00184. The molecule has 8 heteroatoms. The number of likely N-dealkylation sites (N-methyl/N-ethyl adjacent to an activating group) is 1. The van der Waals surface area contributed by atoms with Gasteiger partial charge in [0.25, 0.3) is 11.8 Å². The van der Waals surface area contributed by atoms with E-state index in [1.165, 1.54) is 0 Å². The van der Waals surface area contributed by atoms with Crippen molar-refractivity contribution in [1.82, 2.24) is 9.80 Å². The van der Waals surface area contributed by atoms with E-state index in [9.17, 15) is 14.4 Å². The lowest BCUT2D eigenvalue weighted by molar-refractivity contribution is -0.133. The van der Waals surface area contributed by atoms with Crippen LogP contribution in [-0.4, -0.2) is 73.5 Å². The van der Waals surface area contributed by atoms with Crippen LogP contribution in [0.1, 0.15) is 41.5 Å². The first kappa shape index (κ1) is 25.2. The number of rotatable bonds is 3. The minimum Gasteiger partial charge on any atom is -0.491 e. The quantitative estimate of drug-likeness (QED) is 0.748. The lowest BCUT2D eigenvalue weighted by Crippen LogP contribution is -2.48. The molecule has 0 saturated carbocycles. The number of carbonyl (C=O) groups excluding carboxylic acids is 3. The zero-order valence-electron chi connectivity index (χ0n) is 20.4. The fourth-order valence-electron chi connectivity index (χ4n) is 4.09. The van der Waals surface area contributed by atoms with Gasteiger partial charge in [0.05, 0.1) is 17.7 Å². The van der Waals surface area contributed by atoms with Gasteiger partial charge in [-0.15, -0.1) is 0 Å². The molecule has 1 heterocycles. The SMILES string of the molecule is CO[C@H]1CN(C)C(=O)c2cc(NC(=O)c3ccccc3)ccc2OC[C@H](C)N(C(C)=O)C[C@H]1C. The molecule has 0 fully saturated rings. The van der Waals surface area contributed by atoms with Crippen LogP contribution >= 0.6 is 0 Å². The van der Waals surface area contributed by atoms with E-state index in [0.717, 1.165) is 0 Å². The van der Waals surface area contributed by atoms with Crippen molar-refractivity contribution in [3.8, 4) is 5.75 Å². The Morgan fingerprint density at radius 3 is 2.44 bits per heavy atom. The first-order valence-electron chi connectivity index (χ1n) is 11.4. The number of ether oxygens (including phenoxy) is 2. The summed E-state index contributed by atoms with van der Waals surface area (Å²) in [7, 11) is 3.32. The predicted molar refractivity (Wildman–Crippen MR) is 130 cm³/mol. The van der Waals surface area contributed by atoms with Gasteiger partial charge in [-0.2, -0.15) is 0 Å². The van der Waals surface area contributed by atoms with Gasteiger partial charge in [-0.25, -0.2) is 0 Å². The third-order valence-corrected chi connectivity index (χ3v) is 6.14. The van der Waals surface area contributed by atoms with E-state index in [4.69, 9.17) is 9.47 Å². The Labute approximate surface area is 200 Å². The van der Waals surface area contributed by atoms with Gasteiger partial charge in [0.15, 0.2) is 0 Å². The van der Waals surface area contributed by atoms with Crippen molar-refractivity contribution in [2.24, 2.45) is 5.92 Å². The number of methoxy groups -OCH3 is 1. The summed E-state index contributed by atoms with van der Waals surface area (Å²) in [4.78, 5) is 41.7. The number of fused-ring (bicyclic) bond motifs is 1. The average Bonchev–Trinajstić information content (AvgIpc) is 2.83. The summed E-state index contributed by atoms with van der Waals surface area (Å²) in [5.41, 5.74) is 1.34. The third-order valence-electron chi connectivity index (χ3n) is 6.14. The summed E-state index contributed by atoms with van der Waals surface area (Å²) >= 11 is 0. The highest BCUT2D eigenvalue weighted by Crippen LogP contribution is 2.26. The number of nitrogens with zero attached hydrogens (tertiary/aromatic N) is 2. The van der Waals surface area contributed by atoms with Crippen LogP contribution < -0.4 is 10.1 Å². The van der Waals surface area contributed by atoms with Crippen molar-refractivity contribution < 1.29 is 23.9 Å². The van der Waals surface area contributed by atoms with E-state index in [1.807, 2.05) is 19.9 Å². The highest BCUT2D eigenvalue weighted by atomic mass is 16.5. The molecule has 3 atom stereocenters. The Morgan fingerprint density at radius 1 is 1.09 bits per heavy atom. The second-order valence-corrected chi connectivity index (χ2v) is 8.80. The van der Waals surface area contributed by atoms with Crippen LogP contribution in [-0.2, 0) is 9.53 Å². The maximum atomic E-state index is 13.4. The van der Waals surface area contributed by atoms with E-state index in [2.05, 4.69) is 5.32 Å². The molecule has 0 radical (unpaired) electrons. The number of benzene rings is 2. The summed E-state index contributed by atoms with van der Waals surface area (Å²) in [6.45, 7) is 6.54. The van der Waals surface area contributed by atoms with E-state index in [0.29, 0.717) is 35.7 Å². The number of carbonyl (C=O) groups is 3. The lowest BCUT2D eigenvalue weighted by atomic mass is 10.0. The Kier molecular flexibility index (Phi) is 8.28. The fraction of sp³-hybridized carbons (Fsp3) is 0.423. The van der Waals surface area contributed by atoms with Crippen LogP contribution in [0.5, 0.6) is 5.75 Å². The van der Waals surface area contributed by atoms with Crippen molar-refractivity contribution in [2.45, 2.75) is 32.9 Å². The van der Waals surface area contributed by atoms with Gasteiger partial charge in [-0.05, 0) is 37.3 Å². The van der Waals surface area contributed by atoms with Crippen molar-refractivity contribution in [1.29, 1.82) is 0 Å². The molecule has 8 nitrogen and oxygen atoms in total. The molecule has 2 aromatic carbocycles. The van der Waals surface area contributed by atoms with Crippen LogP contribution in [0.2, 0.25) is 0 Å². The minimum atomic E-state index is -0.269. The van der Waals surface area contributed by atoms with Gasteiger partial charge in [0.2, 0.25) is 5.91 Å². The number of nitrogens with one attached hydrogen (secondary N) is 1. The fourth-order valence-corrected chi connectivity index (χ4v) is 4.09. The van der Waals surface area contributed by atoms with Crippen LogP contribution in [0.25, 0.3) is 0 Å². The van der Waals surface area contributed by atoms with Gasteiger partial charge >= 0.3 is 0 Å². The zero-order chi connectivity index (χ0) is 24.8. The Morgan fingerprint density at radius 2 is 1.79 bits per heavy atom. The summed E-state index contributed by atoms with van der Waals surface area (Å²) in [5, 5.41) is 2.85. The Bertz CT molecular complexity index is 1030. The summed E-state index contributed by atoms with van der Waals surface area (Å²) in [6, 6.07) is 13.7. The Balaban J connectivity index is 1.94. The van der Waals surface area contributed by atoms with Crippen LogP contribution in [0.4, 0.5) is 5.69 Å². The first-order valence-corrected chi connectivity index (χ1v) is 11.4. The summed E-state index contributed by atoms with van der Waals surface area (Å²) in [6.07, 6.45) is -0.257. The molecule has 3 amide bonds. The maximum Gasteiger partial charge on any atom is 0.257 e. The predicted octanol–water partition coefficient (Wildman–Crippen LogP) is 3.29. The van der Waals surface area contributed by atoms with Crippen molar-refractivity contribution in [3.63, 3.8) is 0 Å². The van der Waals surface area contributed by atoms with E-state index < -0.39 is 0 Å². The largest absolute Gasteiger partial charge is 0.491 e. The molecule has 1 aliphatic heterocycles. The lowest BCUT2D eigenvalue weighted by Gasteiger charge is -2.35. The highest BCUT2D eigenvalue weighted by molar-refractivity contribution is 6.05. The topological polar surface area (TPSA) is 88.2 Å². The van der Waals surface area contributed by atoms with Crippen LogP contribution in [0, 0.1) is 5.92 Å². The molecule has 182 valence electrons. The molecule has 2 aromatic rings. The van der Waals surface area contributed by atoms with Gasteiger partial charge in [-0.3, -0.25) is 14.4 Å². The molecule has 0 aliphatic carbocycles. The molecule has 0 aromatic heterocycles. The number of hydrogen-bond acceptors (Lipinski definition) is 5. The smallest absolute Gasteiger partial charge is 0.257 e. The van der Waals surface area contributed by atoms with Crippen molar-refractivity contribution >= 4 is 23.4 Å². The molecule has 0 unspecified atom stereocenters. The second-order valence-electron chi connectivity index (χ2n) is 8.80. The van der Waals surface area contributed by atoms with Crippen molar-refractivity contribution in [3.05, 3.63) is 59.7 Å². The molecule has 0 bridgehead atoms. The van der Waals surface area contributed by atoms with Crippen LogP contribution in [0.3, 0.4) is 0 Å². The average molecular weight is 468 g/mol. The standard InChI is InChI=1S/C26H33N3O5/c1-17-14-29(19(3)30)18(2)16-34-23-12-11-21(27-25(31)20-9-7-6-8-10-20)13-22(23)26(32)28(4)15-24(17)33-5/h6-13,17-18,24H,14-16H2,1-5H3,(H,27,31)/t17-,18+,24+/m1/s1. The van der Waals surface area contributed by atoms with Gasteiger partial charge in [-0.1, -0.05) is 25.1 Å². The molecular weight excluding hydrogens is 434 g/mol. The van der Waals surface area contributed by atoms with Gasteiger partial charge < -0.3 is 24.6 Å². The number of hydrogen-bond donors (Lipinski definition) is 1. The monoisotopic (exact) mass is 467 g/mol. The van der Waals surface area contributed by atoms with Gasteiger partial charge in [0, 0.05) is 51.3 Å². The van der Waals surface area contributed by atoms with Crippen molar-refractivity contribution in [2.75, 3.05) is 39.2 Å². The molecule has 3 rings (SSSR count). The normalized spacial score (nSPS) is 21.6. The first-order chi connectivity index (χ1) is 16.2.